The summed E-state index contributed by atoms with van der Waals surface area (Å²) in [7, 11) is -3.46. The molecule has 1 heterocycles. The minimum absolute atomic E-state index is 0.122. The third-order valence-electron chi connectivity index (χ3n) is 3.07. The number of rotatable bonds is 4. The molecule has 0 aliphatic heterocycles. The average Bonchev–Trinajstić information content (AvgIpc) is 2.37. The molecule has 0 bridgehead atoms. The average molecular weight is 243 g/mol. The minimum atomic E-state index is -3.46. The molecule has 1 fully saturated rings. The first-order valence-corrected chi connectivity index (χ1v) is 7.19. The Labute approximate surface area is 95.7 Å². The van der Waals surface area contributed by atoms with Crippen LogP contribution in [0, 0.1) is 12.8 Å². The molecule has 0 atom stereocenters. The summed E-state index contributed by atoms with van der Waals surface area (Å²) >= 11 is 0. The molecule has 0 spiro atoms. The number of hydrogen-bond acceptors (Lipinski definition) is 3. The number of sulfonamides is 1. The Morgan fingerprint density at radius 1 is 1.56 bits per heavy atom. The Hall–Kier alpha value is -0.880. The van der Waals surface area contributed by atoms with Crippen LogP contribution in [0.5, 0.6) is 0 Å². The number of primary sulfonamides is 1. The smallest absolute Gasteiger partial charge is 0.213 e. The summed E-state index contributed by atoms with van der Waals surface area (Å²) in [5.74, 6) is 0.588. The van der Waals surface area contributed by atoms with Crippen molar-refractivity contribution in [3.8, 4) is 0 Å². The first kappa shape index (κ1) is 11.6. The van der Waals surface area contributed by atoms with Gasteiger partial charge in [-0.3, -0.25) is 4.68 Å². The molecule has 1 aliphatic carbocycles. The predicted octanol–water partition coefficient (Wildman–Crippen LogP) is 0.780. The number of nitrogens with zero attached hydrogens (tertiary/aromatic N) is 2. The van der Waals surface area contributed by atoms with E-state index in [1.807, 2.05) is 11.6 Å². The van der Waals surface area contributed by atoms with Crippen LogP contribution in [0.2, 0.25) is 0 Å². The van der Waals surface area contributed by atoms with Gasteiger partial charge >= 0.3 is 0 Å². The van der Waals surface area contributed by atoms with Crippen molar-refractivity contribution >= 4 is 10.0 Å². The summed E-state index contributed by atoms with van der Waals surface area (Å²) in [6.45, 7) is 2.71. The van der Waals surface area contributed by atoms with E-state index < -0.39 is 10.0 Å². The van der Waals surface area contributed by atoms with Gasteiger partial charge in [-0.05, 0) is 25.7 Å². The van der Waals surface area contributed by atoms with E-state index in [9.17, 15) is 8.42 Å². The number of nitrogens with two attached hydrogens (primary N) is 1. The highest BCUT2D eigenvalue weighted by Gasteiger charge is 2.19. The van der Waals surface area contributed by atoms with Crippen molar-refractivity contribution in [2.75, 3.05) is 0 Å². The molecule has 0 radical (unpaired) electrons. The molecule has 1 saturated carbocycles. The van der Waals surface area contributed by atoms with Crippen LogP contribution in [0.4, 0.5) is 0 Å². The standard InChI is InChI=1S/C10H17N3O2S/c1-8-10(7-16(11,14)15)6-13(12-8)5-9-3-2-4-9/h6,9H,2-5,7H2,1H3,(H2,11,14,15). The monoisotopic (exact) mass is 243 g/mol. The lowest BCUT2D eigenvalue weighted by molar-refractivity contribution is 0.266. The van der Waals surface area contributed by atoms with E-state index in [0.717, 1.165) is 12.2 Å². The number of hydrogen-bond donors (Lipinski definition) is 1. The normalized spacial score (nSPS) is 17.4. The fraction of sp³-hybridized carbons (Fsp3) is 0.700. The molecular weight excluding hydrogens is 226 g/mol. The second kappa shape index (κ2) is 4.18. The maximum absolute atomic E-state index is 11.0. The van der Waals surface area contributed by atoms with Gasteiger partial charge in [0.25, 0.3) is 0 Å². The van der Waals surface area contributed by atoms with Gasteiger partial charge in [0.05, 0.1) is 11.4 Å². The summed E-state index contributed by atoms with van der Waals surface area (Å²) in [5, 5.41) is 9.33. The molecule has 2 N–H and O–H groups in total. The van der Waals surface area contributed by atoms with E-state index in [0.29, 0.717) is 11.5 Å². The quantitative estimate of drug-likeness (QED) is 0.848. The van der Waals surface area contributed by atoms with Gasteiger partial charge in [0.2, 0.25) is 10.0 Å². The van der Waals surface area contributed by atoms with Gasteiger partial charge in [0.15, 0.2) is 0 Å². The summed E-state index contributed by atoms with van der Waals surface area (Å²) < 4.78 is 23.8. The fourth-order valence-electron chi connectivity index (χ4n) is 1.95. The van der Waals surface area contributed by atoms with Crippen molar-refractivity contribution in [2.24, 2.45) is 11.1 Å². The fourth-order valence-corrected chi connectivity index (χ4v) is 2.67. The molecule has 0 saturated heterocycles. The lowest BCUT2D eigenvalue weighted by Crippen LogP contribution is -2.18. The van der Waals surface area contributed by atoms with Crippen molar-refractivity contribution in [1.29, 1.82) is 0 Å². The van der Waals surface area contributed by atoms with E-state index in [-0.39, 0.29) is 5.75 Å². The predicted molar refractivity (Wildman–Crippen MR) is 61.1 cm³/mol. The maximum Gasteiger partial charge on any atom is 0.213 e. The van der Waals surface area contributed by atoms with Gasteiger partial charge in [-0.1, -0.05) is 6.42 Å². The van der Waals surface area contributed by atoms with Crippen molar-refractivity contribution in [3.63, 3.8) is 0 Å². The first-order chi connectivity index (χ1) is 7.44. The summed E-state index contributed by atoms with van der Waals surface area (Å²) in [5.41, 5.74) is 1.47. The van der Waals surface area contributed by atoms with Crippen LogP contribution >= 0.6 is 0 Å². The van der Waals surface area contributed by atoms with E-state index >= 15 is 0 Å². The Kier molecular flexibility index (Phi) is 3.03. The molecule has 6 heteroatoms. The first-order valence-electron chi connectivity index (χ1n) is 5.47. The molecule has 90 valence electrons. The van der Waals surface area contributed by atoms with Gasteiger partial charge in [-0.15, -0.1) is 0 Å². The molecule has 0 unspecified atom stereocenters. The maximum atomic E-state index is 11.0. The van der Waals surface area contributed by atoms with Crippen molar-refractivity contribution in [3.05, 3.63) is 17.5 Å². The summed E-state index contributed by atoms with van der Waals surface area (Å²) in [6.07, 6.45) is 5.61. The molecule has 0 amide bonds. The lowest BCUT2D eigenvalue weighted by Gasteiger charge is -2.24. The third kappa shape index (κ3) is 2.82. The Morgan fingerprint density at radius 3 is 2.75 bits per heavy atom. The van der Waals surface area contributed by atoms with Crippen LogP contribution in [0.15, 0.2) is 6.20 Å². The highest BCUT2D eigenvalue weighted by molar-refractivity contribution is 7.88. The second-order valence-corrected chi connectivity index (χ2v) is 6.18. The topological polar surface area (TPSA) is 78.0 Å². The molecule has 0 aromatic carbocycles. The van der Waals surface area contributed by atoms with Gasteiger partial charge in [-0.2, -0.15) is 5.10 Å². The van der Waals surface area contributed by atoms with E-state index in [2.05, 4.69) is 5.10 Å². The van der Waals surface area contributed by atoms with E-state index in [4.69, 9.17) is 5.14 Å². The molecule has 16 heavy (non-hydrogen) atoms. The lowest BCUT2D eigenvalue weighted by atomic mass is 9.85. The van der Waals surface area contributed by atoms with Gasteiger partial charge in [-0.25, -0.2) is 13.6 Å². The molecule has 1 aromatic heterocycles. The zero-order valence-electron chi connectivity index (χ0n) is 9.39. The van der Waals surface area contributed by atoms with Crippen LogP contribution in [-0.4, -0.2) is 18.2 Å². The van der Waals surface area contributed by atoms with Crippen molar-refractivity contribution in [1.82, 2.24) is 9.78 Å². The largest absolute Gasteiger partial charge is 0.272 e. The van der Waals surface area contributed by atoms with Gasteiger partial charge in [0, 0.05) is 18.3 Å². The minimum Gasteiger partial charge on any atom is -0.272 e. The molecule has 2 rings (SSSR count). The highest BCUT2D eigenvalue weighted by atomic mass is 32.2. The van der Waals surface area contributed by atoms with Crippen LogP contribution in [0.1, 0.15) is 30.5 Å². The van der Waals surface area contributed by atoms with Crippen LogP contribution in [0.25, 0.3) is 0 Å². The third-order valence-corrected chi connectivity index (χ3v) is 3.79. The number of aromatic nitrogens is 2. The SMILES string of the molecule is Cc1nn(CC2CCC2)cc1CS(N)(=O)=O. The Balaban J connectivity index is 2.08. The summed E-state index contributed by atoms with van der Waals surface area (Å²) in [4.78, 5) is 0. The molecule has 5 nitrogen and oxygen atoms in total. The Morgan fingerprint density at radius 2 is 2.25 bits per heavy atom. The summed E-state index contributed by atoms with van der Waals surface area (Å²) in [6, 6.07) is 0. The van der Waals surface area contributed by atoms with Gasteiger partial charge in [0.1, 0.15) is 0 Å². The van der Waals surface area contributed by atoms with E-state index in [1.165, 1.54) is 19.3 Å². The Bertz CT molecular complexity index is 474. The van der Waals surface area contributed by atoms with Crippen molar-refractivity contribution in [2.45, 2.75) is 38.5 Å². The van der Waals surface area contributed by atoms with Crippen molar-refractivity contribution < 1.29 is 8.42 Å². The van der Waals surface area contributed by atoms with Crippen LogP contribution in [-0.2, 0) is 22.3 Å². The van der Waals surface area contributed by atoms with E-state index in [1.54, 1.807) is 6.20 Å². The molecular formula is C10H17N3O2S. The molecule has 1 aliphatic rings. The van der Waals surface area contributed by atoms with Gasteiger partial charge < -0.3 is 0 Å². The number of aryl methyl sites for hydroxylation is 1. The zero-order valence-corrected chi connectivity index (χ0v) is 10.2. The van der Waals surface area contributed by atoms with Crippen LogP contribution < -0.4 is 5.14 Å². The molecule has 1 aromatic rings. The highest BCUT2D eigenvalue weighted by Crippen LogP contribution is 2.27. The zero-order chi connectivity index (χ0) is 11.8. The second-order valence-electron chi connectivity index (χ2n) is 4.57. The van der Waals surface area contributed by atoms with Crippen LogP contribution in [0.3, 0.4) is 0 Å².